The van der Waals surface area contributed by atoms with Crippen molar-refractivity contribution in [1.82, 2.24) is 0 Å². The predicted molar refractivity (Wildman–Crippen MR) is 62.4 cm³/mol. The van der Waals surface area contributed by atoms with Crippen molar-refractivity contribution in [2.45, 2.75) is 26.7 Å². The maximum absolute atomic E-state index is 7.89. The van der Waals surface area contributed by atoms with E-state index in [9.17, 15) is 0 Å². The van der Waals surface area contributed by atoms with Crippen molar-refractivity contribution in [3.63, 3.8) is 0 Å². The van der Waals surface area contributed by atoms with Crippen LogP contribution in [0.4, 0.5) is 0 Å². The van der Waals surface area contributed by atoms with Gasteiger partial charge in [-0.25, -0.2) is 0 Å². The Morgan fingerprint density at radius 1 is 1.36 bits per heavy atom. The molecule has 0 aliphatic carbocycles. The van der Waals surface area contributed by atoms with Crippen molar-refractivity contribution in [1.29, 1.82) is 5.41 Å². The van der Waals surface area contributed by atoms with E-state index in [1.807, 2.05) is 24.3 Å². The van der Waals surface area contributed by atoms with Gasteiger partial charge in [-0.15, -0.1) is 0 Å². The summed E-state index contributed by atoms with van der Waals surface area (Å²) in [7, 11) is 0. The Morgan fingerprint density at radius 3 is 2.43 bits per heavy atom. The lowest BCUT2D eigenvalue weighted by molar-refractivity contribution is 0.586. The van der Waals surface area contributed by atoms with Crippen molar-refractivity contribution in [2.24, 2.45) is 5.92 Å². The zero-order valence-corrected chi connectivity index (χ0v) is 9.43. The van der Waals surface area contributed by atoms with Gasteiger partial charge >= 0.3 is 0 Å². The monoisotopic (exact) mass is 209 g/mol. The normalized spacial score (nSPS) is 12.5. The molecule has 0 aliphatic heterocycles. The summed E-state index contributed by atoms with van der Waals surface area (Å²) in [5, 5.41) is 8.62. The SMILES string of the molecule is CCC(C)CC(=N)c1ccc(Cl)cc1. The summed E-state index contributed by atoms with van der Waals surface area (Å²) in [5.74, 6) is 0.582. The second-order valence-corrected chi connectivity index (χ2v) is 4.14. The molecule has 1 rings (SSSR count). The van der Waals surface area contributed by atoms with E-state index in [0.717, 1.165) is 23.4 Å². The van der Waals surface area contributed by atoms with E-state index < -0.39 is 0 Å². The minimum atomic E-state index is 0.582. The van der Waals surface area contributed by atoms with Gasteiger partial charge in [0.2, 0.25) is 0 Å². The van der Waals surface area contributed by atoms with Crippen LogP contribution in [0.2, 0.25) is 5.02 Å². The summed E-state index contributed by atoms with van der Waals surface area (Å²) >= 11 is 5.78. The summed E-state index contributed by atoms with van der Waals surface area (Å²) in [6.45, 7) is 4.32. The average Bonchev–Trinajstić information content (AvgIpc) is 2.18. The zero-order chi connectivity index (χ0) is 10.6. The summed E-state index contributed by atoms with van der Waals surface area (Å²) in [6.07, 6.45) is 1.97. The Balaban J connectivity index is 2.65. The maximum atomic E-state index is 7.89. The van der Waals surface area contributed by atoms with Gasteiger partial charge in [0.15, 0.2) is 0 Å². The maximum Gasteiger partial charge on any atom is 0.0406 e. The lowest BCUT2D eigenvalue weighted by atomic mass is 9.97. The highest BCUT2D eigenvalue weighted by atomic mass is 35.5. The van der Waals surface area contributed by atoms with Crippen LogP contribution < -0.4 is 0 Å². The van der Waals surface area contributed by atoms with Gasteiger partial charge in [0.05, 0.1) is 0 Å². The molecule has 1 N–H and O–H groups in total. The predicted octanol–water partition coefficient (Wildman–Crippen LogP) is 4.14. The van der Waals surface area contributed by atoms with E-state index >= 15 is 0 Å². The van der Waals surface area contributed by atoms with Crippen LogP contribution in [0.1, 0.15) is 32.3 Å². The second-order valence-electron chi connectivity index (χ2n) is 3.70. The van der Waals surface area contributed by atoms with Crippen LogP contribution in [0.5, 0.6) is 0 Å². The summed E-state index contributed by atoms with van der Waals surface area (Å²) in [6, 6.07) is 7.49. The molecule has 0 heterocycles. The number of rotatable bonds is 4. The molecule has 0 spiro atoms. The van der Waals surface area contributed by atoms with Crippen molar-refractivity contribution in [2.75, 3.05) is 0 Å². The van der Waals surface area contributed by atoms with Crippen LogP contribution in [0.25, 0.3) is 0 Å². The molecule has 0 saturated heterocycles. The molecule has 2 heteroatoms. The minimum Gasteiger partial charge on any atom is -0.305 e. The first-order valence-corrected chi connectivity index (χ1v) is 5.34. The van der Waals surface area contributed by atoms with Gasteiger partial charge in [0.1, 0.15) is 0 Å². The fourth-order valence-electron chi connectivity index (χ4n) is 1.26. The second kappa shape index (κ2) is 5.16. The quantitative estimate of drug-likeness (QED) is 0.721. The molecule has 1 aromatic rings. The third kappa shape index (κ3) is 3.15. The summed E-state index contributed by atoms with van der Waals surface area (Å²) in [4.78, 5) is 0. The molecule has 1 atom stereocenters. The van der Waals surface area contributed by atoms with E-state index in [4.69, 9.17) is 17.0 Å². The molecule has 1 nitrogen and oxygen atoms in total. The molecular weight excluding hydrogens is 194 g/mol. The van der Waals surface area contributed by atoms with E-state index in [1.165, 1.54) is 0 Å². The summed E-state index contributed by atoms with van der Waals surface area (Å²) in [5.41, 5.74) is 1.69. The third-order valence-electron chi connectivity index (χ3n) is 2.44. The van der Waals surface area contributed by atoms with E-state index in [2.05, 4.69) is 13.8 Å². The molecule has 0 aromatic heterocycles. The van der Waals surface area contributed by atoms with Crippen LogP contribution in [0.15, 0.2) is 24.3 Å². The van der Waals surface area contributed by atoms with Gasteiger partial charge in [-0.05, 0) is 30.0 Å². The van der Waals surface area contributed by atoms with Gasteiger partial charge < -0.3 is 5.41 Å². The van der Waals surface area contributed by atoms with Gasteiger partial charge in [-0.2, -0.15) is 0 Å². The smallest absolute Gasteiger partial charge is 0.0406 e. The number of halogens is 1. The van der Waals surface area contributed by atoms with Crippen molar-refractivity contribution >= 4 is 17.3 Å². The highest BCUT2D eigenvalue weighted by Crippen LogP contribution is 2.14. The highest BCUT2D eigenvalue weighted by Gasteiger charge is 2.05. The van der Waals surface area contributed by atoms with Crippen LogP contribution >= 0.6 is 11.6 Å². The average molecular weight is 210 g/mol. The lowest BCUT2D eigenvalue weighted by Gasteiger charge is -2.09. The van der Waals surface area contributed by atoms with Gasteiger partial charge in [-0.3, -0.25) is 0 Å². The molecule has 0 bridgehead atoms. The topological polar surface area (TPSA) is 23.9 Å². The third-order valence-corrected chi connectivity index (χ3v) is 2.69. The van der Waals surface area contributed by atoms with Gasteiger partial charge in [0, 0.05) is 10.7 Å². The first-order valence-electron chi connectivity index (χ1n) is 4.96. The molecular formula is C12H16ClN. The summed E-state index contributed by atoms with van der Waals surface area (Å²) < 4.78 is 0. The standard InChI is InChI=1S/C12H16ClN/c1-3-9(2)8-12(14)10-4-6-11(13)7-5-10/h4-7,9,14H,3,8H2,1-2H3. The molecule has 0 amide bonds. The molecule has 1 unspecified atom stereocenters. The fraction of sp³-hybridized carbons (Fsp3) is 0.417. The Morgan fingerprint density at radius 2 is 1.93 bits per heavy atom. The Labute approximate surface area is 90.6 Å². The first kappa shape index (κ1) is 11.3. The van der Waals surface area contributed by atoms with E-state index in [0.29, 0.717) is 11.6 Å². The largest absolute Gasteiger partial charge is 0.305 e. The first-order chi connectivity index (χ1) is 6.63. The van der Waals surface area contributed by atoms with Crippen molar-refractivity contribution < 1.29 is 0 Å². The molecule has 1 aromatic carbocycles. The van der Waals surface area contributed by atoms with Crippen LogP contribution in [0, 0.1) is 11.3 Å². The Hall–Kier alpha value is -0.820. The van der Waals surface area contributed by atoms with E-state index in [-0.39, 0.29) is 0 Å². The van der Waals surface area contributed by atoms with Crippen molar-refractivity contribution in [3.8, 4) is 0 Å². The number of nitrogens with one attached hydrogen (secondary N) is 1. The van der Waals surface area contributed by atoms with Gasteiger partial charge in [0.25, 0.3) is 0 Å². The van der Waals surface area contributed by atoms with Gasteiger partial charge in [-0.1, -0.05) is 44.0 Å². The fourth-order valence-corrected chi connectivity index (χ4v) is 1.39. The Bertz CT molecular complexity index is 303. The minimum absolute atomic E-state index is 0.582. The zero-order valence-electron chi connectivity index (χ0n) is 8.68. The Kier molecular flexibility index (Phi) is 4.15. The number of hydrogen-bond donors (Lipinski definition) is 1. The molecule has 76 valence electrons. The van der Waals surface area contributed by atoms with Crippen LogP contribution in [-0.4, -0.2) is 5.71 Å². The molecule has 0 saturated carbocycles. The highest BCUT2D eigenvalue weighted by molar-refractivity contribution is 6.30. The molecule has 0 radical (unpaired) electrons. The van der Waals surface area contributed by atoms with Crippen LogP contribution in [0.3, 0.4) is 0 Å². The molecule has 0 fully saturated rings. The molecule has 0 aliphatic rings. The lowest BCUT2D eigenvalue weighted by Crippen LogP contribution is -2.04. The number of benzene rings is 1. The number of hydrogen-bond acceptors (Lipinski definition) is 1. The van der Waals surface area contributed by atoms with Crippen molar-refractivity contribution in [3.05, 3.63) is 34.9 Å². The van der Waals surface area contributed by atoms with Crippen LogP contribution in [-0.2, 0) is 0 Å². The van der Waals surface area contributed by atoms with E-state index in [1.54, 1.807) is 0 Å². The molecule has 14 heavy (non-hydrogen) atoms.